The normalized spacial score (nSPS) is 16.0. The number of nitrogens with one attached hydrogen (secondary N) is 1. The molecular formula is C18H16F3NO. The fraction of sp³-hybridized carbons (Fsp3) is 0.278. The van der Waals surface area contributed by atoms with Crippen LogP contribution in [0.2, 0.25) is 0 Å². The van der Waals surface area contributed by atoms with Gasteiger partial charge in [0.05, 0.1) is 11.6 Å². The highest BCUT2D eigenvalue weighted by molar-refractivity contribution is 5.94. The maximum atomic E-state index is 12.8. The predicted octanol–water partition coefficient (Wildman–Crippen LogP) is 4.59. The zero-order valence-electron chi connectivity index (χ0n) is 12.3. The molecule has 0 aromatic heterocycles. The van der Waals surface area contributed by atoms with Gasteiger partial charge in [0.25, 0.3) is 5.91 Å². The van der Waals surface area contributed by atoms with E-state index in [1.165, 1.54) is 12.1 Å². The number of benzene rings is 2. The van der Waals surface area contributed by atoms with Crippen molar-refractivity contribution in [3.05, 3.63) is 71.3 Å². The van der Waals surface area contributed by atoms with Crippen molar-refractivity contribution < 1.29 is 18.0 Å². The Morgan fingerprint density at radius 1 is 1.04 bits per heavy atom. The molecular weight excluding hydrogens is 303 g/mol. The molecule has 1 saturated carbocycles. The average Bonchev–Trinajstić information content (AvgIpc) is 3.37. The van der Waals surface area contributed by atoms with Crippen LogP contribution in [0.1, 0.15) is 40.4 Å². The lowest BCUT2D eigenvalue weighted by Crippen LogP contribution is -2.30. The number of rotatable bonds is 4. The van der Waals surface area contributed by atoms with Crippen molar-refractivity contribution in [1.29, 1.82) is 0 Å². The van der Waals surface area contributed by atoms with E-state index in [0.717, 1.165) is 30.5 Å². The van der Waals surface area contributed by atoms with Crippen LogP contribution in [0.25, 0.3) is 0 Å². The summed E-state index contributed by atoms with van der Waals surface area (Å²) in [5.74, 6) is -0.121. The van der Waals surface area contributed by atoms with Gasteiger partial charge in [-0.3, -0.25) is 4.79 Å². The first kappa shape index (κ1) is 15.6. The lowest BCUT2D eigenvalue weighted by atomic mass is 10.0. The SMILES string of the molecule is O=C(NC(c1ccccc1)C1CC1)c1cccc(C(F)(F)F)c1. The number of amides is 1. The zero-order chi connectivity index (χ0) is 16.4. The average molecular weight is 319 g/mol. The third kappa shape index (κ3) is 3.73. The topological polar surface area (TPSA) is 29.1 Å². The molecule has 3 rings (SSSR count). The summed E-state index contributed by atoms with van der Waals surface area (Å²) in [5, 5.41) is 2.88. The van der Waals surface area contributed by atoms with Crippen LogP contribution < -0.4 is 5.32 Å². The maximum Gasteiger partial charge on any atom is 0.416 e. The molecule has 2 nitrogen and oxygen atoms in total. The van der Waals surface area contributed by atoms with Crippen LogP contribution in [0.4, 0.5) is 13.2 Å². The first-order chi connectivity index (χ1) is 10.9. The Balaban J connectivity index is 1.80. The quantitative estimate of drug-likeness (QED) is 0.877. The fourth-order valence-corrected chi connectivity index (χ4v) is 2.62. The van der Waals surface area contributed by atoms with E-state index in [0.29, 0.717) is 5.92 Å². The monoisotopic (exact) mass is 319 g/mol. The molecule has 1 fully saturated rings. The van der Waals surface area contributed by atoms with Gasteiger partial charge in [-0.15, -0.1) is 0 Å². The van der Waals surface area contributed by atoms with E-state index in [1.807, 2.05) is 30.3 Å². The standard InChI is InChI=1S/C18H16F3NO/c19-18(20,21)15-8-4-7-14(11-15)17(23)22-16(13-9-10-13)12-5-2-1-3-6-12/h1-8,11,13,16H,9-10H2,(H,22,23). The van der Waals surface area contributed by atoms with E-state index < -0.39 is 17.6 Å². The smallest absolute Gasteiger partial charge is 0.345 e. The number of halogens is 3. The minimum Gasteiger partial charge on any atom is -0.345 e. The van der Waals surface area contributed by atoms with E-state index in [-0.39, 0.29) is 11.6 Å². The van der Waals surface area contributed by atoms with E-state index in [2.05, 4.69) is 5.32 Å². The summed E-state index contributed by atoms with van der Waals surface area (Å²) in [5.41, 5.74) is 0.199. The molecule has 0 aliphatic heterocycles. The van der Waals surface area contributed by atoms with Crippen molar-refractivity contribution in [1.82, 2.24) is 5.32 Å². The molecule has 1 unspecified atom stereocenters. The van der Waals surface area contributed by atoms with Gasteiger partial charge in [-0.2, -0.15) is 13.2 Å². The van der Waals surface area contributed by atoms with E-state index in [9.17, 15) is 18.0 Å². The molecule has 0 spiro atoms. The zero-order valence-corrected chi connectivity index (χ0v) is 12.3. The molecule has 0 heterocycles. The minimum absolute atomic E-state index is 0.0291. The fourth-order valence-electron chi connectivity index (χ4n) is 2.62. The molecule has 2 aromatic rings. The summed E-state index contributed by atoms with van der Waals surface area (Å²) >= 11 is 0. The third-order valence-corrected chi connectivity index (χ3v) is 3.99. The van der Waals surface area contributed by atoms with Gasteiger partial charge in [-0.25, -0.2) is 0 Å². The van der Waals surface area contributed by atoms with E-state index >= 15 is 0 Å². The highest BCUT2D eigenvalue weighted by atomic mass is 19.4. The largest absolute Gasteiger partial charge is 0.416 e. The van der Waals surface area contributed by atoms with Crippen LogP contribution in [0.3, 0.4) is 0 Å². The van der Waals surface area contributed by atoms with Crippen molar-refractivity contribution in [3.63, 3.8) is 0 Å². The van der Waals surface area contributed by atoms with Gasteiger partial charge in [-0.05, 0) is 42.5 Å². The van der Waals surface area contributed by atoms with Crippen LogP contribution >= 0.6 is 0 Å². The molecule has 5 heteroatoms. The summed E-state index contributed by atoms with van der Waals surface area (Å²) in [6, 6.07) is 13.9. The first-order valence-corrected chi connectivity index (χ1v) is 7.48. The summed E-state index contributed by atoms with van der Waals surface area (Å²) in [6.45, 7) is 0. The molecule has 120 valence electrons. The van der Waals surface area contributed by atoms with Crippen molar-refractivity contribution in [2.45, 2.75) is 25.1 Å². The maximum absolute atomic E-state index is 12.8. The molecule has 1 atom stereocenters. The van der Waals surface area contributed by atoms with Crippen molar-refractivity contribution in [2.75, 3.05) is 0 Å². The van der Waals surface area contributed by atoms with Gasteiger partial charge < -0.3 is 5.32 Å². The van der Waals surface area contributed by atoms with Gasteiger partial charge in [0.1, 0.15) is 0 Å². The third-order valence-electron chi connectivity index (χ3n) is 3.99. The van der Waals surface area contributed by atoms with E-state index in [4.69, 9.17) is 0 Å². The van der Waals surface area contributed by atoms with Gasteiger partial charge >= 0.3 is 6.18 Å². The molecule has 0 bridgehead atoms. The second-order valence-corrected chi connectivity index (χ2v) is 5.78. The molecule has 0 saturated heterocycles. The molecule has 1 aliphatic carbocycles. The van der Waals surface area contributed by atoms with Crippen molar-refractivity contribution >= 4 is 5.91 Å². The van der Waals surface area contributed by atoms with Crippen LogP contribution in [0, 0.1) is 5.92 Å². The molecule has 2 aromatic carbocycles. The highest BCUT2D eigenvalue weighted by Crippen LogP contribution is 2.41. The van der Waals surface area contributed by atoms with Gasteiger partial charge in [-0.1, -0.05) is 36.4 Å². The number of alkyl halides is 3. The molecule has 1 aliphatic rings. The highest BCUT2D eigenvalue weighted by Gasteiger charge is 2.34. The summed E-state index contributed by atoms with van der Waals surface area (Å²) in [7, 11) is 0. The lowest BCUT2D eigenvalue weighted by Gasteiger charge is -2.19. The molecule has 1 N–H and O–H groups in total. The van der Waals surface area contributed by atoms with Crippen molar-refractivity contribution in [2.24, 2.45) is 5.92 Å². The number of hydrogen-bond donors (Lipinski definition) is 1. The second-order valence-electron chi connectivity index (χ2n) is 5.78. The Morgan fingerprint density at radius 3 is 2.35 bits per heavy atom. The van der Waals surface area contributed by atoms with Crippen LogP contribution in [0.5, 0.6) is 0 Å². The second kappa shape index (κ2) is 6.07. The Labute approximate surface area is 132 Å². The summed E-state index contributed by atoms with van der Waals surface area (Å²) < 4.78 is 38.3. The van der Waals surface area contributed by atoms with Crippen LogP contribution in [-0.2, 0) is 6.18 Å². The lowest BCUT2D eigenvalue weighted by molar-refractivity contribution is -0.137. The Hall–Kier alpha value is -2.30. The number of carbonyl (C=O) groups is 1. The number of carbonyl (C=O) groups excluding carboxylic acids is 1. The van der Waals surface area contributed by atoms with Gasteiger partial charge in [0.2, 0.25) is 0 Å². The Morgan fingerprint density at radius 2 is 1.74 bits per heavy atom. The summed E-state index contributed by atoms with van der Waals surface area (Å²) in [4.78, 5) is 12.4. The van der Waals surface area contributed by atoms with Gasteiger partial charge in [0, 0.05) is 5.56 Å². The van der Waals surface area contributed by atoms with Gasteiger partial charge in [0.15, 0.2) is 0 Å². The predicted molar refractivity (Wildman–Crippen MR) is 80.8 cm³/mol. The Bertz CT molecular complexity index is 693. The number of hydrogen-bond acceptors (Lipinski definition) is 1. The molecule has 1 amide bonds. The van der Waals surface area contributed by atoms with E-state index in [1.54, 1.807) is 0 Å². The Kier molecular flexibility index (Phi) is 4.11. The van der Waals surface area contributed by atoms with Crippen molar-refractivity contribution in [3.8, 4) is 0 Å². The summed E-state index contributed by atoms with van der Waals surface area (Å²) in [6.07, 6.45) is -2.42. The molecule has 0 radical (unpaired) electrons. The molecule has 23 heavy (non-hydrogen) atoms. The first-order valence-electron chi connectivity index (χ1n) is 7.48. The van der Waals surface area contributed by atoms with Crippen LogP contribution in [0.15, 0.2) is 54.6 Å². The minimum atomic E-state index is -4.45. The van der Waals surface area contributed by atoms with Crippen LogP contribution in [-0.4, -0.2) is 5.91 Å².